The van der Waals surface area contributed by atoms with E-state index in [2.05, 4.69) is 33.4 Å². The highest BCUT2D eigenvalue weighted by Crippen LogP contribution is 2.20. The van der Waals surface area contributed by atoms with Crippen molar-refractivity contribution in [1.82, 2.24) is 10.2 Å². The molecule has 3 aromatic carbocycles. The predicted molar refractivity (Wildman–Crippen MR) is 145 cm³/mol. The molecule has 0 spiro atoms. The van der Waals surface area contributed by atoms with Crippen molar-refractivity contribution < 1.29 is 9.59 Å². The molecule has 2 amide bonds. The fourth-order valence-corrected chi connectivity index (χ4v) is 5.00. The van der Waals surface area contributed by atoms with E-state index in [0.29, 0.717) is 18.7 Å². The normalized spacial score (nSPS) is 11.8. The van der Waals surface area contributed by atoms with Gasteiger partial charge in [0.15, 0.2) is 0 Å². The largest absolute Gasteiger partial charge is 0.352 e. The summed E-state index contributed by atoms with van der Waals surface area (Å²) >= 11 is 5.10. The number of hydrogen-bond donors (Lipinski definition) is 1. The van der Waals surface area contributed by atoms with Crippen molar-refractivity contribution >= 4 is 39.5 Å². The van der Waals surface area contributed by atoms with Gasteiger partial charge in [0.05, 0.1) is 5.75 Å². The lowest BCUT2D eigenvalue weighted by Gasteiger charge is -2.32. The van der Waals surface area contributed by atoms with Crippen LogP contribution in [0.2, 0.25) is 0 Å². The quantitative estimate of drug-likeness (QED) is 0.333. The van der Waals surface area contributed by atoms with E-state index in [1.54, 1.807) is 16.7 Å². The highest BCUT2D eigenvalue weighted by atomic mass is 79.9. The molecule has 1 N–H and O–H groups in total. The Morgan fingerprint density at radius 1 is 0.882 bits per heavy atom. The number of carbonyl (C=O) groups excluding carboxylic acids is 2. The average Bonchev–Trinajstić information content (AvgIpc) is 2.82. The second-order valence-corrected chi connectivity index (χ2v) is 10.4. The molecule has 34 heavy (non-hydrogen) atoms. The van der Waals surface area contributed by atoms with Crippen molar-refractivity contribution in [2.75, 3.05) is 5.75 Å². The molecule has 0 heterocycles. The molecule has 0 bridgehead atoms. The molecule has 0 saturated carbocycles. The van der Waals surface area contributed by atoms with Crippen LogP contribution in [0.15, 0.2) is 89.4 Å². The second-order valence-electron chi connectivity index (χ2n) is 8.50. The van der Waals surface area contributed by atoms with Gasteiger partial charge in [0.1, 0.15) is 6.04 Å². The Bertz CT molecular complexity index is 1060. The zero-order valence-corrected chi connectivity index (χ0v) is 22.0. The number of halogens is 1. The maximum absolute atomic E-state index is 13.6. The van der Waals surface area contributed by atoms with E-state index in [-0.39, 0.29) is 17.9 Å². The number of carbonyl (C=O) groups is 2. The van der Waals surface area contributed by atoms with Crippen LogP contribution in [-0.2, 0) is 28.3 Å². The monoisotopic (exact) mass is 538 g/mol. The smallest absolute Gasteiger partial charge is 0.243 e. The maximum atomic E-state index is 13.6. The molecular weight excluding hydrogens is 508 g/mol. The van der Waals surface area contributed by atoms with E-state index in [9.17, 15) is 9.59 Å². The standard InChI is InChI=1S/C28H31BrN2O2S/c1-21(2)30-28(33)26(17-22-10-5-3-6-11-22)31(18-24-14-9-15-25(29)16-24)27(32)20-34-19-23-12-7-4-8-13-23/h3-16,21,26H,17-20H2,1-2H3,(H,30,33). The van der Waals surface area contributed by atoms with E-state index in [4.69, 9.17) is 0 Å². The summed E-state index contributed by atoms with van der Waals surface area (Å²) in [5.74, 6) is 0.887. The van der Waals surface area contributed by atoms with Crippen LogP contribution in [0.5, 0.6) is 0 Å². The van der Waals surface area contributed by atoms with Gasteiger partial charge < -0.3 is 10.2 Å². The minimum Gasteiger partial charge on any atom is -0.352 e. The van der Waals surface area contributed by atoms with Crippen LogP contribution >= 0.6 is 27.7 Å². The third-order valence-corrected chi connectivity index (χ3v) is 6.76. The summed E-state index contributed by atoms with van der Waals surface area (Å²) in [6, 6.07) is 27.3. The zero-order valence-electron chi connectivity index (χ0n) is 19.6. The fraction of sp³-hybridized carbons (Fsp3) is 0.286. The van der Waals surface area contributed by atoms with Crippen molar-refractivity contribution in [2.24, 2.45) is 0 Å². The molecular formula is C28H31BrN2O2S. The van der Waals surface area contributed by atoms with Crippen LogP contribution in [-0.4, -0.2) is 34.6 Å². The first kappa shape index (κ1) is 26.0. The average molecular weight is 540 g/mol. The molecule has 178 valence electrons. The lowest BCUT2D eigenvalue weighted by Crippen LogP contribution is -2.52. The van der Waals surface area contributed by atoms with Gasteiger partial charge in [-0.2, -0.15) is 0 Å². The molecule has 6 heteroatoms. The molecule has 0 radical (unpaired) electrons. The van der Waals surface area contributed by atoms with E-state index >= 15 is 0 Å². The highest BCUT2D eigenvalue weighted by Gasteiger charge is 2.30. The summed E-state index contributed by atoms with van der Waals surface area (Å²) < 4.78 is 0.946. The third-order valence-electron chi connectivity index (χ3n) is 5.28. The van der Waals surface area contributed by atoms with Crippen molar-refractivity contribution in [3.8, 4) is 0 Å². The van der Waals surface area contributed by atoms with Crippen molar-refractivity contribution in [2.45, 2.75) is 44.6 Å². The van der Waals surface area contributed by atoms with Crippen LogP contribution in [0.1, 0.15) is 30.5 Å². The van der Waals surface area contributed by atoms with Gasteiger partial charge in [-0.05, 0) is 42.7 Å². The van der Waals surface area contributed by atoms with Crippen LogP contribution in [0.3, 0.4) is 0 Å². The fourth-order valence-electron chi connectivity index (χ4n) is 3.68. The zero-order chi connectivity index (χ0) is 24.3. The van der Waals surface area contributed by atoms with Gasteiger partial charge in [0.2, 0.25) is 11.8 Å². The number of benzene rings is 3. The van der Waals surface area contributed by atoms with Gasteiger partial charge in [0, 0.05) is 29.2 Å². The molecule has 0 aliphatic rings. The van der Waals surface area contributed by atoms with Gasteiger partial charge in [-0.3, -0.25) is 9.59 Å². The number of thioether (sulfide) groups is 1. The molecule has 1 unspecified atom stereocenters. The Kier molecular flexibility index (Phi) is 10.2. The second kappa shape index (κ2) is 13.4. The Hall–Kier alpha value is -2.57. The topological polar surface area (TPSA) is 49.4 Å². The van der Waals surface area contributed by atoms with Crippen molar-refractivity contribution in [3.05, 3.63) is 106 Å². The SMILES string of the molecule is CC(C)NC(=O)C(Cc1ccccc1)N(Cc1cccc(Br)c1)C(=O)CSCc1ccccc1. The van der Waals surface area contributed by atoms with Crippen LogP contribution in [0, 0.1) is 0 Å². The summed E-state index contributed by atoms with van der Waals surface area (Å²) in [6.45, 7) is 4.24. The van der Waals surface area contributed by atoms with Gasteiger partial charge in [-0.1, -0.05) is 88.7 Å². The molecule has 0 aromatic heterocycles. The van der Waals surface area contributed by atoms with E-state index in [1.807, 2.05) is 86.6 Å². The van der Waals surface area contributed by atoms with Gasteiger partial charge in [-0.15, -0.1) is 11.8 Å². The van der Waals surface area contributed by atoms with Gasteiger partial charge in [0.25, 0.3) is 0 Å². The molecule has 1 atom stereocenters. The van der Waals surface area contributed by atoms with Crippen LogP contribution in [0.25, 0.3) is 0 Å². The van der Waals surface area contributed by atoms with Crippen molar-refractivity contribution in [3.63, 3.8) is 0 Å². The van der Waals surface area contributed by atoms with Crippen molar-refractivity contribution in [1.29, 1.82) is 0 Å². The van der Waals surface area contributed by atoms with Gasteiger partial charge in [-0.25, -0.2) is 0 Å². The maximum Gasteiger partial charge on any atom is 0.243 e. The van der Waals surface area contributed by atoms with Crippen LogP contribution < -0.4 is 5.32 Å². The van der Waals surface area contributed by atoms with E-state index in [1.165, 1.54) is 5.56 Å². The molecule has 0 saturated heterocycles. The molecule has 3 rings (SSSR count). The number of nitrogens with one attached hydrogen (secondary N) is 1. The Morgan fingerprint density at radius 3 is 2.12 bits per heavy atom. The summed E-state index contributed by atoms with van der Waals surface area (Å²) in [5.41, 5.74) is 3.18. The lowest BCUT2D eigenvalue weighted by atomic mass is 10.0. The Morgan fingerprint density at radius 2 is 1.50 bits per heavy atom. The number of rotatable bonds is 11. The Labute approximate surface area is 215 Å². The molecule has 0 aliphatic carbocycles. The molecule has 0 aliphatic heterocycles. The lowest BCUT2D eigenvalue weighted by molar-refractivity contribution is -0.139. The minimum atomic E-state index is -0.603. The minimum absolute atomic E-state index is 0.0129. The Balaban J connectivity index is 1.85. The predicted octanol–water partition coefficient (Wildman–Crippen LogP) is 5.85. The molecule has 4 nitrogen and oxygen atoms in total. The summed E-state index contributed by atoms with van der Waals surface area (Å²) in [4.78, 5) is 28.6. The first-order chi connectivity index (χ1) is 16.4. The summed E-state index contributed by atoms with van der Waals surface area (Å²) in [6.07, 6.45) is 0.461. The summed E-state index contributed by atoms with van der Waals surface area (Å²) in [5, 5.41) is 3.03. The van der Waals surface area contributed by atoms with Gasteiger partial charge >= 0.3 is 0 Å². The number of nitrogens with zero attached hydrogens (tertiary/aromatic N) is 1. The molecule has 0 fully saturated rings. The highest BCUT2D eigenvalue weighted by molar-refractivity contribution is 9.10. The summed E-state index contributed by atoms with van der Waals surface area (Å²) in [7, 11) is 0. The number of hydrogen-bond acceptors (Lipinski definition) is 3. The third kappa shape index (κ3) is 8.33. The molecule has 3 aromatic rings. The number of amides is 2. The van der Waals surface area contributed by atoms with E-state index < -0.39 is 6.04 Å². The first-order valence-electron chi connectivity index (χ1n) is 11.4. The van der Waals surface area contributed by atoms with E-state index in [0.717, 1.165) is 21.4 Å². The first-order valence-corrected chi connectivity index (χ1v) is 13.4. The van der Waals surface area contributed by atoms with Crippen LogP contribution in [0.4, 0.5) is 0 Å².